The van der Waals surface area contributed by atoms with Crippen LogP contribution < -0.4 is 0 Å². The Morgan fingerprint density at radius 3 is 2.45 bits per heavy atom. The van der Waals surface area contributed by atoms with E-state index in [0.717, 1.165) is 0 Å². The minimum Gasteiger partial charge on any atom is -0.370 e. The third kappa shape index (κ3) is 3.44. The lowest BCUT2D eigenvalue weighted by Gasteiger charge is -2.14. The summed E-state index contributed by atoms with van der Waals surface area (Å²) < 4.78 is 5.97. The molecule has 0 aromatic heterocycles. The third-order valence-corrected chi connectivity index (χ3v) is 3.81. The molecule has 1 unspecified atom stereocenters. The molecule has 1 heteroatoms. The zero-order chi connectivity index (χ0) is 15.2. The van der Waals surface area contributed by atoms with Gasteiger partial charge in [0.15, 0.2) is 0 Å². The Morgan fingerprint density at radius 2 is 1.59 bits per heavy atom. The van der Waals surface area contributed by atoms with Gasteiger partial charge >= 0.3 is 0 Å². The molecule has 0 amide bonds. The van der Waals surface area contributed by atoms with E-state index in [1.165, 1.54) is 21.9 Å². The van der Waals surface area contributed by atoms with Gasteiger partial charge in [-0.3, -0.25) is 0 Å². The van der Waals surface area contributed by atoms with Gasteiger partial charge in [0.1, 0.15) is 0 Å². The van der Waals surface area contributed by atoms with Crippen LogP contribution in [0.15, 0.2) is 78.9 Å². The van der Waals surface area contributed by atoms with Crippen molar-refractivity contribution in [1.29, 1.82) is 0 Å². The summed E-state index contributed by atoms with van der Waals surface area (Å²) in [5.41, 5.74) is 2.44. The molecule has 1 atom stereocenters. The summed E-state index contributed by atoms with van der Waals surface area (Å²) in [4.78, 5) is 0. The molecule has 22 heavy (non-hydrogen) atoms. The monoisotopic (exact) mass is 288 g/mol. The smallest absolute Gasteiger partial charge is 0.0807 e. The first-order chi connectivity index (χ1) is 10.8. The molecule has 0 N–H and O–H groups in total. The van der Waals surface area contributed by atoms with Crippen molar-refractivity contribution >= 4 is 16.8 Å². The number of fused-ring (bicyclic) bond motifs is 1. The maximum atomic E-state index is 5.97. The third-order valence-electron chi connectivity index (χ3n) is 3.81. The van der Waals surface area contributed by atoms with Gasteiger partial charge in [0.05, 0.1) is 12.7 Å². The largest absolute Gasteiger partial charge is 0.370 e. The fraction of sp³-hybridized carbons (Fsp3) is 0.143. The highest BCUT2D eigenvalue weighted by molar-refractivity contribution is 5.85. The molecular formula is C21H20O. The lowest BCUT2D eigenvalue weighted by Crippen LogP contribution is -2.00. The first-order valence-corrected chi connectivity index (χ1v) is 7.65. The SMILES string of the molecule is CC(OC/C=C/c1ccccc1)c1cccc2ccccc12. The first-order valence-electron chi connectivity index (χ1n) is 7.65. The number of hydrogen-bond donors (Lipinski definition) is 0. The maximum Gasteiger partial charge on any atom is 0.0807 e. The normalized spacial score (nSPS) is 12.8. The molecule has 0 fully saturated rings. The van der Waals surface area contributed by atoms with E-state index in [2.05, 4.69) is 73.7 Å². The second kappa shape index (κ2) is 7.06. The minimum atomic E-state index is 0.0755. The highest BCUT2D eigenvalue weighted by Crippen LogP contribution is 2.26. The highest BCUT2D eigenvalue weighted by atomic mass is 16.5. The van der Waals surface area contributed by atoms with E-state index in [0.29, 0.717) is 6.61 Å². The summed E-state index contributed by atoms with van der Waals surface area (Å²) in [6.07, 6.45) is 4.23. The topological polar surface area (TPSA) is 9.23 Å². The van der Waals surface area contributed by atoms with Gasteiger partial charge in [0, 0.05) is 0 Å². The summed E-state index contributed by atoms with van der Waals surface area (Å²) in [6.45, 7) is 2.72. The van der Waals surface area contributed by atoms with E-state index in [4.69, 9.17) is 4.74 Å². The fourth-order valence-electron chi connectivity index (χ4n) is 2.64. The van der Waals surface area contributed by atoms with Crippen LogP contribution in [0.4, 0.5) is 0 Å². The van der Waals surface area contributed by atoms with Crippen LogP contribution in [0.1, 0.15) is 24.2 Å². The highest BCUT2D eigenvalue weighted by Gasteiger charge is 2.08. The van der Waals surface area contributed by atoms with Gasteiger partial charge in [-0.2, -0.15) is 0 Å². The number of ether oxygens (including phenoxy) is 1. The number of hydrogen-bond acceptors (Lipinski definition) is 1. The van der Waals surface area contributed by atoms with Crippen molar-refractivity contribution in [2.24, 2.45) is 0 Å². The van der Waals surface area contributed by atoms with Crippen molar-refractivity contribution < 1.29 is 4.74 Å². The molecule has 3 aromatic rings. The second-order valence-corrected chi connectivity index (χ2v) is 5.36. The molecular weight excluding hydrogens is 268 g/mol. The van der Waals surface area contributed by atoms with Crippen LogP contribution in [-0.2, 0) is 4.74 Å². The summed E-state index contributed by atoms with van der Waals surface area (Å²) in [5.74, 6) is 0. The van der Waals surface area contributed by atoms with Gasteiger partial charge in [0.2, 0.25) is 0 Å². The van der Waals surface area contributed by atoms with Crippen molar-refractivity contribution in [3.8, 4) is 0 Å². The summed E-state index contributed by atoms with van der Waals surface area (Å²) >= 11 is 0. The average molecular weight is 288 g/mol. The quantitative estimate of drug-likeness (QED) is 0.591. The van der Waals surface area contributed by atoms with Crippen LogP contribution in [0.2, 0.25) is 0 Å². The molecule has 0 spiro atoms. The van der Waals surface area contributed by atoms with Crippen molar-refractivity contribution in [1.82, 2.24) is 0 Å². The van der Waals surface area contributed by atoms with Crippen LogP contribution in [-0.4, -0.2) is 6.61 Å². The Bertz CT molecular complexity index is 754. The Morgan fingerprint density at radius 1 is 0.864 bits per heavy atom. The first kappa shape index (κ1) is 14.6. The molecule has 0 heterocycles. The average Bonchev–Trinajstić information content (AvgIpc) is 2.59. The van der Waals surface area contributed by atoms with Gasteiger partial charge in [-0.05, 0) is 28.8 Å². The van der Waals surface area contributed by atoms with E-state index < -0.39 is 0 Å². The number of benzene rings is 3. The van der Waals surface area contributed by atoms with Crippen molar-refractivity contribution in [3.05, 3.63) is 90.0 Å². The van der Waals surface area contributed by atoms with Crippen molar-refractivity contribution in [3.63, 3.8) is 0 Å². The van der Waals surface area contributed by atoms with Crippen LogP contribution in [0.5, 0.6) is 0 Å². The van der Waals surface area contributed by atoms with Crippen LogP contribution in [0.3, 0.4) is 0 Å². The Labute approximate surface area is 131 Å². The van der Waals surface area contributed by atoms with E-state index >= 15 is 0 Å². The van der Waals surface area contributed by atoms with Crippen molar-refractivity contribution in [2.75, 3.05) is 6.61 Å². The molecule has 110 valence electrons. The van der Waals surface area contributed by atoms with Crippen LogP contribution in [0.25, 0.3) is 16.8 Å². The molecule has 1 nitrogen and oxygen atoms in total. The molecule has 0 aliphatic heterocycles. The van der Waals surface area contributed by atoms with Crippen LogP contribution in [0, 0.1) is 0 Å². The van der Waals surface area contributed by atoms with Gasteiger partial charge in [-0.1, -0.05) is 84.9 Å². The Balaban J connectivity index is 1.66. The van der Waals surface area contributed by atoms with Gasteiger partial charge in [0.25, 0.3) is 0 Å². The van der Waals surface area contributed by atoms with Crippen LogP contribution >= 0.6 is 0 Å². The maximum absolute atomic E-state index is 5.97. The lowest BCUT2D eigenvalue weighted by molar-refractivity contribution is 0.0900. The molecule has 0 aliphatic carbocycles. The standard InChI is InChI=1S/C21H20O/c1-17(22-16-8-11-18-9-3-2-4-10-18)20-15-7-13-19-12-5-6-14-21(19)20/h2-15,17H,16H2,1H3/b11-8+. The molecule has 0 saturated carbocycles. The fourth-order valence-corrected chi connectivity index (χ4v) is 2.64. The summed E-state index contributed by atoms with van der Waals surface area (Å²) in [6, 6.07) is 25.1. The molecule has 0 saturated heterocycles. The number of rotatable bonds is 5. The predicted octanol–water partition coefficient (Wildman–Crippen LogP) is 5.63. The van der Waals surface area contributed by atoms with E-state index in [-0.39, 0.29) is 6.10 Å². The van der Waals surface area contributed by atoms with E-state index in [1.807, 2.05) is 18.2 Å². The minimum absolute atomic E-state index is 0.0755. The van der Waals surface area contributed by atoms with Gasteiger partial charge < -0.3 is 4.74 Å². The molecule has 3 aromatic carbocycles. The Kier molecular flexibility index (Phi) is 4.67. The van der Waals surface area contributed by atoms with Crippen molar-refractivity contribution in [2.45, 2.75) is 13.0 Å². The molecule has 0 bridgehead atoms. The Hall–Kier alpha value is -2.38. The van der Waals surface area contributed by atoms with Gasteiger partial charge in [-0.15, -0.1) is 0 Å². The molecule has 0 radical (unpaired) electrons. The second-order valence-electron chi connectivity index (χ2n) is 5.36. The summed E-state index contributed by atoms with van der Waals surface area (Å²) in [5, 5.41) is 2.53. The zero-order valence-electron chi connectivity index (χ0n) is 12.8. The van der Waals surface area contributed by atoms with Gasteiger partial charge in [-0.25, -0.2) is 0 Å². The zero-order valence-corrected chi connectivity index (χ0v) is 12.8. The predicted molar refractivity (Wildman–Crippen MR) is 93.8 cm³/mol. The molecule has 3 rings (SSSR count). The van der Waals surface area contributed by atoms with E-state index in [1.54, 1.807) is 0 Å². The summed E-state index contributed by atoms with van der Waals surface area (Å²) in [7, 11) is 0. The van der Waals surface area contributed by atoms with E-state index in [9.17, 15) is 0 Å². The molecule has 0 aliphatic rings. The lowest BCUT2D eigenvalue weighted by atomic mass is 10.0.